The average Bonchev–Trinajstić information content (AvgIpc) is 3.06. The Morgan fingerprint density at radius 3 is 2.71 bits per heavy atom. The Morgan fingerprint density at radius 2 is 2.05 bits per heavy atom. The molecule has 0 aliphatic heterocycles. The summed E-state index contributed by atoms with van der Waals surface area (Å²) in [7, 11) is 0. The third-order valence-electron chi connectivity index (χ3n) is 4.33. The summed E-state index contributed by atoms with van der Waals surface area (Å²) in [4.78, 5) is 20.0. The summed E-state index contributed by atoms with van der Waals surface area (Å²) in [6.45, 7) is 6.30. The lowest BCUT2D eigenvalue weighted by Crippen LogP contribution is -2.26. The van der Waals surface area contributed by atoms with E-state index >= 15 is 0 Å². The molecule has 0 bridgehead atoms. The fourth-order valence-corrected chi connectivity index (χ4v) is 5.06. The van der Waals surface area contributed by atoms with Gasteiger partial charge in [0.2, 0.25) is 0 Å². The van der Waals surface area contributed by atoms with Crippen molar-refractivity contribution in [3.63, 3.8) is 0 Å². The highest BCUT2D eigenvalue weighted by Gasteiger charge is 2.24. The maximum absolute atomic E-state index is 13.0. The van der Waals surface area contributed by atoms with Crippen molar-refractivity contribution < 1.29 is 0 Å². The number of hydrogen-bond donors (Lipinski definition) is 0. The monoisotopic (exact) mass is 322 g/mol. The van der Waals surface area contributed by atoms with Crippen LogP contribution in [0.15, 0.2) is 9.95 Å². The highest BCUT2D eigenvalue weighted by molar-refractivity contribution is 7.99. The Hall–Kier alpha value is -0.810. The molecular weight excluding hydrogens is 300 g/mol. The normalized spacial score (nSPS) is 16.1. The zero-order valence-corrected chi connectivity index (χ0v) is 14.6. The molecule has 2 aromatic rings. The van der Waals surface area contributed by atoms with E-state index in [1.807, 2.05) is 4.57 Å². The van der Waals surface area contributed by atoms with E-state index in [2.05, 4.69) is 20.8 Å². The van der Waals surface area contributed by atoms with Gasteiger partial charge in [-0.2, -0.15) is 0 Å². The molecule has 0 spiro atoms. The number of hydrogen-bond acceptors (Lipinski definition) is 4. The lowest BCUT2D eigenvalue weighted by atomic mass is 10.2. The van der Waals surface area contributed by atoms with Crippen molar-refractivity contribution in [2.24, 2.45) is 0 Å². The van der Waals surface area contributed by atoms with Gasteiger partial charge >= 0.3 is 0 Å². The van der Waals surface area contributed by atoms with Gasteiger partial charge in [-0.3, -0.25) is 9.36 Å². The third-order valence-corrected chi connectivity index (χ3v) is 6.59. The molecule has 0 unspecified atom stereocenters. The third kappa shape index (κ3) is 2.66. The summed E-state index contributed by atoms with van der Waals surface area (Å²) < 4.78 is 2.01. The molecule has 1 saturated carbocycles. The number of rotatable bonds is 4. The largest absolute Gasteiger partial charge is 0.284 e. The van der Waals surface area contributed by atoms with Crippen LogP contribution in [0, 0.1) is 13.8 Å². The number of thioether (sulfide) groups is 1. The molecule has 1 aliphatic carbocycles. The smallest absolute Gasteiger partial charge is 0.263 e. The molecule has 0 N–H and O–H groups in total. The van der Waals surface area contributed by atoms with Gasteiger partial charge in [-0.1, -0.05) is 31.5 Å². The van der Waals surface area contributed by atoms with Crippen molar-refractivity contribution in [3.05, 3.63) is 20.8 Å². The number of thiophene rings is 1. The lowest BCUT2D eigenvalue weighted by Gasteiger charge is -2.17. The molecule has 3 nitrogen and oxygen atoms in total. The van der Waals surface area contributed by atoms with Gasteiger partial charge in [0, 0.05) is 16.7 Å². The fraction of sp³-hybridized carbons (Fsp3) is 0.625. The van der Waals surface area contributed by atoms with Gasteiger partial charge < -0.3 is 0 Å². The summed E-state index contributed by atoms with van der Waals surface area (Å²) in [6.07, 6.45) is 5.80. The number of aromatic nitrogens is 2. The minimum absolute atomic E-state index is 0.187. The number of nitrogens with zero attached hydrogens (tertiary/aromatic N) is 2. The van der Waals surface area contributed by atoms with Crippen molar-refractivity contribution in [3.8, 4) is 0 Å². The average molecular weight is 322 g/mol. The molecule has 114 valence electrons. The minimum Gasteiger partial charge on any atom is -0.284 e. The lowest BCUT2D eigenvalue weighted by molar-refractivity contribution is 0.458. The van der Waals surface area contributed by atoms with Gasteiger partial charge in [-0.15, -0.1) is 11.3 Å². The van der Waals surface area contributed by atoms with E-state index in [4.69, 9.17) is 4.98 Å². The summed E-state index contributed by atoms with van der Waals surface area (Å²) in [5, 5.41) is 1.78. The summed E-state index contributed by atoms with van der Waals surface area (Å²) in [5.41, 5.74) is 1.30. The van der Waals surface area contributed by atoms with Crippen LogP contribution in [0.3, 0.4) is 0 Å². The van der Waals surface area contributed by atoms with Crippen LogP contribution in [0.1, 0.15) is 55.5 Å². The minimum atomic E-state index is 0.187. The Bertz CT molecular complexity index is 711. The van der Waals surface area contributed by atoms with Crippen LogP contribution in [0.25, 0.3) is 10.2 Å². The first-order valence-electron chi connectivity index (χ1n) is 7.78. The van der Waals surface area contributed by atoms with Crippen LogP contribution < -0.4 is 5.56 Å². The highest BCUT2D eigenvalue weighted by atomic mass is 32.2. The molecule has 0 radical (unpaired) electrons. The van der Waals surface area contributed by atoms with Gasteiger partial charge in [-0.25, -0.2) is 4.98 Å². The quantitative estimate of drug-likeness (QED) is 0.605. The topological polar surface area (TPSA) is 34.9 Å². The summed E-state index contributed by atoms with van der Waals surface area (Å²) in [5.74, 6) is 1.02. The number of fused-ring (bicyclic) bond motifs is 1. The second-order valence-electron chi connectivity index (χ2n) is 5.82. The van der Waals surface area contributed by atoms with E-state index in [1.54, 1.807) is 23.1 Å². The first-order chi connectivity index (χ1) is 10.1. The first kappa shape index (κ1) is 15.1. The van der Waals surface area contributed by atoms with Gasteiger partial charge in [0.25, 0.3) is 5.56 Å². The van der Waals surface area contributed by atoms with E-state index in [0.717, 1.165) is 46.0 Å². The molecule has 3 rings (SSSR count). The van der Waals surface area contributed by atoms with E-state index < -0.39 is 0 Å². The SMILES string of the molecule is CCCSc1nc2sc(C)c(C)c2c(=O)n1C1CCCC1. The maximum Gasteiger partial charge on any atom is 0.263 e. The molecule has 21 heavy (non-hydrogen) atoms. The van der Waals surface area contributed by atoms with Gasteiger partial charge in [-0.05, 0) is 38.7 Å². The highest BCUT2D eigenvalue weighted by Crippen LogP contribution is 2.34. The molecule has 1 fully saturated rings. The second kappa shape index (κ2) is 6.13. The molecular formula is C16H22N2OS2. The molecule has 2 heterocycles. The molecule has 0 aromatic carbocycles. The van der Waals surface area contributed by atoms with E-state index in [-0.39, 0.29) is 5.56 Å². The van der Waals surface area contributed by atoms with Crippen molar-refractivity contribution in [2.45, 2.75) is 64.1 Å². The van der Waals surface area contributed by atoms with Crippen molar-refractivity contribution >= 4 is 33.3 Å². The van der Waals surface area contributed by atoms with E-state index in [0.29, 0.717) is 6.04 Å². The zero-order chi connectivity index (χ0) is 15.0. The Morgan fingerprint density at radius 1 is 1.33 bits per heavy atom. The Labute approximate surface area is 133 Å². The predicted octanol–water partition coefficient (Wildman–Crippen LogP) is 4.69. The van der Waals surface area contributed by atoms with Crippen LogP contribution in [-0.2, 0) is 0 Å². The van der Waals surface area contributed by atoms with Crippen LogP contribution in [0.5, 0.6) is 0 Å². The second-order valence-corrected chi connectivity index (χ2v) is 8.08. The maximum atomic E-state index is 13.0. The van der Waals surface area contributed by atoms with Crippen LogP contribution in [0.2, 0.25) is 0 Å². The van der Waals surface area contributed by atoms with E-state index in [9.17, 15) is 4.79 Å². The van der Waals surface area contributed by atoms with Crippen LogP contribution in [-0.4, -0.2) is 15.3 Å². The summed E-state index contributed by atoms with van der Waals surface area (Å²) in [6, 6.07) is 0.355. The fourth-order valence-electron chi connectivity index (χ4n) is 3.07. The molecule has 5 heteroatoms. The molecule has 0 amide bonds. The van der Waals surface area contributed by atoms with Crippen molar-refractivity contribution in [2.75, 3.05) is 5.75 Å². The zero-order valence-electron chi connectivity index (χ0n) is 12.9. The van der Waals surface area contributed by atoms with Gasteiger partial charge in [0.1, 0.15) is 4.83 Å². The number of aryl methyl sites for hydroxylation is 2. The molecule has 0 saturated heterocycles. The van der Waals surface area contributed by atoms with Gasteiger partial charge in [0.15, 0.2) is 5.16 Å². The van der Waals surface area contributed by atoms with Crippen molar-refractivity contribution in [1.29, 1.82) is 0 Å². The predicted molar refractivity (Wildman–Crippen MR) is 91.9 cm³/mol. The first-order valence-corrected chi connectivity index (χ1v) is 9.58. The van der Waals surface area contributed by atoms with Crippen LogP contribution >= 0.6 is 23.1 Å². The Balaban J connectivity index is 2.21. The van der Waals surface area contributed by atoms with Crippen molar-refractivity contribution in [1.82, 2.24) is 9.55 Å². The Kier molecular flexibility index (Phi) is 4.41. The molecule has 0 atom stereocenters. The van der Waals surface area contributed by atoms with Gasteiger partial charge in [0.05, 0.1) is 5.39 Å². The molecule has 1 aliphatic rings. The summed E-state index contributed by atoms with van der Waals surface area (Å²) >= 11 is 3.39. The van der Waals surface area contributed by atoms with E-state index in [1.165, 1.54) is 17.7 Å². The standard InChI is InChI=1S/C16H22N2OS2/c1-4-9-20-16-17-14-13(10(2)11(3)21-14)15(19)18(16)12-7-5-6-8-12/h12H,4-9H2,1-3H3. The van der Waals surface area contributed by atoms with Crippen LogP contribution in [0.4, 0.5) is 0 Å². The molecule has 2 aromatic heterocycles.